The van der Waals surface area contributed by atoms with Gasteiger partial charge in [-0.05, 0) is 86.6 Å². The maximum absolute atomic E-state index is 13.7. The van der Waals surface area contributed by atoms with Crippen molar-refractivity contribution in [2.45, 2.75) is 82.3 Å². The van der Waals surface area contributed by atoms with Crippen LogP contribution in [0.15, 0.2) is 36.4 Å². The predicted octanol–water partition coefficient (Wildman–Crippen LogP) is 8.73. The normalized spacial score (nSPS) is 19.7. The first-order chi connectivity index (χ1) is 19.9. The number of amides is 2. The van der Waals surface area contributed by atoms with Gasteiger partial charge in [-0.1, -0.05) is 0 Å². The fourth-order valence-corrected chi connectivity index (χ4v) is 5.52. The number of carbonyl (C=O) groups excluding carboxylic acids is 2. The van der Waals surface area contributed by atoms with Crippen LogP contribution in [0, 0.1) is 0 Å². The van der Waals surface area contributed by atoms with Crippen molar-refractivity contribution in [1.82, 2.24) is 4.90 Å². The number of carbonyl (C=O) groups is 2. The van der Waals surface area contributed by atoms with Gasteiger partial charge in [-0.25, -0.2) is 9.59 Å². The van der Waals surface area contributed by atoms with E-state index in [0.717, 1.165) is 41.9 Å². The van der Waals surface area contributed by atoms with Crippen molar-refractivity contribution in [3.05, 3.63) is 64.2 Å². The van der Waals surface area contributed by atoms with Gasteiger partial charge >= 0.3 is 30.7 Å². The Morgan fingerprint density at radius 2 is 1.42 bits per heavy atom. The lowest BCUT2D eigenvalue weighted by atomic mass is 9.89. The molecule has 6 nitrogen and oxygen atoms in total. The van der Waals surface area contributed by atoms with E-state index in [1.807, 2.05) is 0 Å². The van der Waals surface area contributed by atoms with Gasteiger partial charge in [0, 0.05) is 12.6 Å². The van der Waals surface area contributed by atoms with Crippen LogP contribution in [-0.2, 0) is 34.5 Å². The molecule has 0 radical (unpaired) electrons. The minimum Gasteiger partial charge on any atom is -0.453 e. The number of alkyl halides is 9. The van der Waals surface area contributed by atoms with E-state index >= 15 is 0 Å². The summed E-state index contributed by atoms with van der Waals surface area (Å²) in [6.45, 7) is 0.657. The highest BCUT2D eigenvalue weighted by atomic mass is 19.4. The molecule has 1 heterocycles. The topological polar surface area (TPSA) is 59.1 Å². The highest BCUT2D eigenvalue weighted by Crippen LogP contribution is 2.45. The third-order valence-electron chi connectivity index (χ3n) is 7.53. The number of rotatable bonds is 4. The fourth-order valence-electron chi connectivity index (χ4n) is 5.52. The summed E-state index contributed by atoms with van der Waals surface area (Å²) in [4.78, 5) is 28.0. The lowest BCUT2D eigenvalue weighted by Crippen LogP contribution is -2.48. The van der Waals surface area contributed by atoms with Crippen LogP contribution in [0.1, 0.15) is 72.9 Å². The van der Waals surface area contributed by atoms with Gasteiger partial charge in [0.15, 0.2) is 0 Å². The quantitative estimate of drug-likeness (QED) is 0.319. The van der Waals surface area contributed by atoms with Crippen molar-refractivity contribution < 1.29 is 58.6 Å². The molecule has 2 aromatic rings. The van der Waals surface area contributed by atoms with Gasteiger partial charge in [-0.15, -0.1) is 0 Å². The Bertz CT molecular complexity index is 1320. The molecule has 0 unspecified atom stereocenters. The van der Waals surface area contributed by atoms with Crippen LogP contribution in [0.2, 0.25) is 0 Å². The second kappa shape index (κ2) is 11.8. The predicted molar refractivity (Wildman–Crippen MR) is 134 cm³/mol. The summed E-state index contributed by atoms with van der Waals surface area (Å²) in [5.74, 6) is 0. The van der Waals surface area contributed by atoms with E-state index in [1.165, 1.54) is 6.92 Å². The van der Waals surface area contributed by atoms with Crippen molar-refractivity contribution in [3.8, 4) is 0 Å². The molecule has 1 aliphatic heterocycles. The zero-order chi connectivity index (χ0) is 31.9. The molecule has 2 aromatic carbocycles. The SMILES string of the molecule is COC(=O)N(Cc1cc(C(F)(F)F)cc(C(F)(F)F)c1)[C@@H]1C[C@H](C)N(C(=O)OC2CCCC2)c2ccc(C(F)(F)F)cc21. The van der Waals surface area contributed by atoms with Crippen molar-refractivity contribution in [1.29, 1.82) is 0 Å². The number of fused-ring (bicyclic) bond motifs is 1. The Hall–Kier alpha value is -3.65. The first kappa shape index (κ1) is 32.3. The molecule has 2 atom stereocenters. The minimum absolute atomic E-state index is 0.0475. The van der Waals surface area contributed by atoms with Crippen molar-refractivity contribution >= 4 is 17.9 Å². The fraction of sp³-hybridized carbons (Fsp3) is 0.500. The van der Waals surface area contributed by atoms with Crippen LogP contribution in [0.25, 0.3) is 0 Å². The van der Waals surface area contributed by atoms with Crippen LogP contribution < -0.4 is 4.90 Å². The van der Waals surface area contributed by atoms with E-state index in [-0.39, 0.29) is 29.8 Å². The molecule has 1 fully saturated rings. The largest absolute Gasteiger partial charge is 0.453 e. The van der Waals surface area contributed by atoms with Crippen LogP contribution >= 0.6 is 0 Å². The molecular weight excluding hydrogens is 599 g/mol. The van der Waals surface area contributed by atoms with E-state index < -0.39 is 71.6 Å². The highest BCUT2D eigenvalue weighted by Gasteiger charge is 2.43. The average Bonchev–Trinajstić information content (AvgIpc) is 3.42. The van der Waals surface area contributed by atoms with Gasteiger partial charge in [0.1, 0.15) is 6.10 Å². The molecule has 0 bridgehead atoms. The number of anilines is 1. The third kappa shape index (κ3) is 7.12. The Kier molecular flexibility index (Phi) is 8.85. The molecule has 4 rings (SSSR count). The maximum Gasteiger partial charge on any atom is 0.416 e. The van der Waals surface area contributed by atoms with Gasteiger partial charge in [0.25, 0.3) is 0 Å². The summed E-state index contributed by atoms with van der Waals surface area (Å²) in [5, 5.41) is 0. The standard InChI is InChI=1S/C28H27F9N2O4/c1-15-9-23(38(24(40)42-2)14-16-10-18(27(32,33)34)12-19(11-16)28(35,36)37)21-13-17(26(29,30)31)7-8-22(21)39(15)25(41)43-20-5-3-4-6-20/h7-8,10-13,15,20,23H,3-6,9,14H2,1-2H3/t15-,23+/m0/s1. The van der Waals surface area contributed by atoms with Crippen LogP contribution in [-0.4, -0.2) is 36.3 Å². The third-order valence-corrected chi connectivity index (χ3v) is 7.53. The Balaban J connectivity index is 1.81. The lowest BCUT2D eigenvalue weighted by molar-refractivity contribution is -0.143. The van der Waals surface area contributed by atoms with E-state index in [1.54, 1.807) is 0 Å². The molecule has 15 heteroatoms. The van der Waals surface area contributed by atoms with E-state index in [2.05, 4.69) is 0 Å². The van der Waals surface area contributed by atoms with Crippen molar-refractivity contribution in [3.63, 3.8) is 0 Å². The van der Waals surface area contributed by atoms with Crippen molar-refractivity contribution in [2.75, 3.05) is 12.0 Å². The molecule has 2 aliphatic rings. The Morgan fingerprint density at radius 3 is 1.93 bits per heavy atom. The van der Waals surface area contributed by atoms with Crippen LogP contribution in [0.4, 0.5) is 54.8 Å². The molecule has 0 N–H and O–H groups in total. The van der Waals surface area contributed by atoms with Crippen LogP contribution in [0.5, 0.6) is 0 Å². The average molecular weight is 627 g/mol. The number of hydrogen-bond acceptors (Lipinski definition) is 4. The number of nitrogens with zero attached hydrogens (tertiary/aromatic N) is 2. The number of hydrogen-bond donors (Lipinski definition) is 0. The molecule has 1 aliphatic carbocycles. The molecule has 2 amide bonds. The van der Waals surface area contributed by atoms with Gasteiger partial charge < -0.3 is 9.47 Å². The number of halogens is 9. The monoisotopic (exact) mass is 626 g/mol. The number of benzene rings is 2. The van der Waals surface area contributed by atoms with E-state index in [4.69, 9.17) is 9.47 Å². The second-order valence-electron chi connectivity index (χ2n) is 10.5. The first-order valence-corrected chi connectivity index (χ1v) is 13.2. The molecule has 0 aromatic heterocycles. The Labute approximate surface area is 240 Å². The molecule has 0 saturated heterocycles. The molecule has 1 saturated carbocycles. The summed E-state index contributed by atoms with van der Waals surface area (Å²) >= 11 is 0. The summed E-state index contributed by atoms with van der Waals surface area (Å²) in [6, 6.07) is 1.10. The summed E-state index contributed by atoms with van der Waals surface area (Å²) in [7, 11) is 0.910. The first-order valence-electron chi connectivity index (χ1n) is 13.2. The number of methoxy groups -OCH3 is 1. The molecule has 43 heavy (non-hydrogen) atoms. The van der Waals surface area contributed by atoms with Crippen LogP contribution in [0.3, 0.4) is 0 Å². The van der Waals surface area contributed by atoms with Gasteiger partial charge in [-0.3, -0.25) is 9.80 Å². The second-order valence-corrected chi connectivity index (χ2v) is 10.5. The summed E-state index contributed by atoms with van der Waals surface area (Å²) in [5.41, 5.74) is -5.23. The molecule has 236 valence electrons. The highest BCUT2D eigenvalue weighted by molar-refractivity contribution is 5.90. The van der Waals surface area contributed by atoms with Gasteiger partial charge in [0.2, 0.25) is 0 Å². The molecule has 0 spiro atoms. The zero-order valence-corrected chi connectivity index (χ0v) is 22.9. The Morgan fingerprint density at radius 1 is 0.860 bits per heavy atom. The summed E-state index contributed by atoms with van der Waals surface area (Å²) < 4.78 is 133. The smallest absolute Gasteiger partial charge is 0.416 e. The van der Waals surface area contributed by atoms with E-state index in [9.17, 15) is 49.1 Å². The van der Waals surface area contributed by atoms with Gasteiger partial charge in [-0.2, -0.15) is 39.5 Å². The maximum atomic E-state index is 13.7. The minimum atomic E-state index is -5.17. The summed E-state index contributed by atoms with van der Waals surface area (Å²) in [6.07, 6.45) is -14.9. The number of ether oxygens (including phenoxy) is 2. The molecular formula is C28H27F9N2O4. The zero-order valence-electron chi connectivity index (χ0n) is 22.9. The van der Waals surface area contributed by atoms with Crippen molar-refractivity contribution in [2.24, 2.45) is 0 Å². The lowest BCUT2D eigenvalue weighted by Gasteiger charge is -2.43. The van der Waals surface area contributed by atoms with E-state index in [0.29, 0.717) is 31.0 Å². The van der Waals surface area contributed by atoms with Gasteiger partial charge in [0.05, 0.1) is 35.5 Å².